The van der Waals surface area contributed by atoms with Crippen molar-refractivity contribution in [3.05, 3.63) is 57.1 Å². The highest BCUT2D eigenvalue weighted by molar-refractivity contribution is 7.19. The Morgan fingerprint density at radius 2 is 1.95 bits per heavy atom. The van der Waals surface area contributed by atoms with Crippen molar-refractivity contribution in [2.45, 2.75) is 19.9 Å². The minimum absolute atomic E-state index is 0.154. The number of nitrogens with one attached hydrogen (secondary N) is 1. The van der Waals surface area contributed by atoms with Crippen LogP contribution in [-0.4, -0.2) is 4.98 Å². The fraction of sp³-hybridized carbons (Fsp3) is 0.188. The predicted molar refractivity (Wildman–Crippen MR) is 92.9 cm³/mol. The molecule has 3 rings (SSSR count). The molecule has 1 atom stereocenters. The molecular formula is C16H14Cl2N2S. The number of aromatic nitrogens is 1. The van der Waals surface area contributed by atoms with Gasteiger partial charge < -0.3 is 5.32 Å². The molecule has 0 spiro atoms. The molecular weight excluding hydrogens is 323 g/mol. The summed E-state index contributed by atoms with van der Waals surface area (Å²) in [5.41, 5.74) is 1.83. The van der Waals surface area contributed by atoms with E-state index in [9.17, 15) is 0 Å². The zero-order valence-corrected chi connectivity index (χ0v) is 14.0. The number of halogens is 2. The summed E-state index contributed by atoms with van der Waals surface area (Å²) in [6.07, 6.45) is 0. The molecule has 1 unspecified atom stereocenters. The maximum absolute atomic E-state index is 6.19. The van der Waals surface area contributed by atoms with Gasteiger partial charge in [0.2, 0.25) is 0 Å². The van der Waals surface area contributed by atoms with Gasteiger partial charge in [-0.1, -0.05) is 41.4 Å². The van der Waals surface area contributed by atoms with Crippen molar-refractivity contribution < 1.29 is 0 Å². The standard InChI is InChI=1S/C16H14Cl2N2S/c1-9-7-14(17)20-16(18)15(9)19-10(2)13-8-11-5-3-4-6-12(11)21-13/h3-8,10,19H,1-2H3. The van der Waals surface area contributed by atoms with E-state index in [-0.39, 0.29) is 6.04 Å². The average Bonchev–Trinajstić information content (AvgIpc) is 2.86. The number of anilines is 1. The molecule has 0 radical (unpaired) electrons. The number of rotatable bonds is 3. The van der Waals surface area contributed by atoms with Crippen LogP contribution in [0.1, 0.15) is 23.4 Å². The van der Waals surface area contributed by atoms with Crippen molar-refractivity contribution in [1.29, 1.82) is 0 Å². The third kappa shape index (κ3) is 3.00. The van der Waals surface area contributed by atoms with E-state index < -0.39 is 0 Å². The van der Waals surface area contributed by atoms with Crippen LogP contribution in [0.4, 0.5) is 5.69 Å². The Balaban J connectivity index is 1.91. The van der Waals surface area contributed by atoms with Crippen LogP contribution < -0.4 is 5.32 Å². The second-order valence-electron chi connectivity index (χ2n) is 4.98. The Hall–Kier alpha value is -1.29. The highest BCUT2D eigenvalue weighted by Gasteiger charge is 2.14. The minimum Gasteiger partial charge on any atom is -0.375 e. The second-order valence-corrected chi connectivity index (χ2v) is 6.84. The number of aryl methyl sites for hydroxylation is 1. The fourth-order valence-electron chi connectivity index (χ4n) is 2.27. The van der Waals surface area contributed by atoms with E-state index in [0.29, 0.717) is 10.3 Å². The first-order chi connectivity index (χ1) is 10.0. The normalized spacial score (nSPS) is 12.6. The molecule has 2 nitrogen and oxygen atoms in total. The number of nitrogens with zero attached hydrogens (tertiary/aromatic N) is 1. The zero-order chi connectivity index (χ0) is 15.0. The van der Waals surface area contributed by atoms with Crippen molar-refractivity contribution in [3.63, 3.8) is 0 Å². The lowest BCUT2D eigenvalue weighted by Gasteiger charge is -2.16. The van der Waals surface area contributed by atoms with E-state index in [4.69, 9.17) is 23.2 Å². The summed E-state index contributed by atoms with van der Waals surface area (Å²) in [7, 11) is 0. The monoisotopic (exact) mass is 336 g/mol. The Labute approximate surface area is 137 Å². The molecule has 5 heteroatoms. The molecule has 1 aromatic carbocycles. The fourth-order valence-corrected chi connectivity index (χ4v) is 3.93. The van der Waals surface area contributed by atoms with Crippen LogP contribution in [-0.2, 0) is 0 Å². The average molecular weight is 337 g/mol. The molecule has 0 aliphatic carbocycles. The van der Waals surface area contributed by atoms with Gasteiger partial charge in [0.1, 0.15) is 5.15 Å². The van der Waals surface area contributed by atoms with Gasteiger partial charge in [-0.15, -0.1) is 11.3 Å². The van der Waals surface area contributed by atoms with Gasteiger partial charge in [0, 0.05) is 9.58 Å². The summed E-state index contributed by atoms with van der Waals surface area (Å²) in [5, 5.41) is 5.53. The molecule has 1 N–H and O–H groups in total. The predicted octanol–water partition coefficient (Wildman–Crippen LogP) is 6.08. The van der Waals surface area contributed by atoms with Crippen LogP contribution in [0.25, 0.3) is 10.1 Å². The zero-order valence-electron chi connectivity index (χ0n) is 11.7. The molecule has 0 aliphatic rings. The van der Waals surface area contributed by atoms with Gasteiger partial charge in [-0.2, -0.15) is 0 Å². The molecule has 3 aromatic rings. The second kappa shape index (κ2) is 5.84. The largest absolute Gasteiger partial charge is 0.375 e. The molecule has 2 heterocycles. The maximum atomic E-state index is 6.19. The van der Waals surface area contributed by atoms with Gasteiger partial charge >= 0.3 is 0 Å². The topological polar surface area (TPSA) is 24.9 Å². The first-order valence-electron chi connectivity index (χ1n) is 6.62. The summed E-state index contributed by atoms with van der Waals surface area (Å²) < 4.78 is 1.29. The summed E-state index contributed by atoms with van der Waals surface area (Å²) in [5.74, 6) is 0. The number of hydrogen-bond acceptors (Lipinski definition) is 3. The summed E-state index contributed by atoms with van der Waals surface area (Å²) >= 11 is 13.9. The lowest BCUT2D eigenvalue weighted by atomic mass is 10.2. The van der Waals surface area contributed by atoms with E-state index >= 15 is 0 Å². The van der Waals surface area contributed by atoms with Crippen LogP contribution in [0.5, 0.6) is 0 Å². The smallest absolute Gasteiger partial charge is 0.154 e. The van der Waals surface area contributed by atoms with Gasteiger partial charge in [-0.25, -0.2) is 4.98 Å². The van der Waals surface area contributed by atoms with E-state index in [1.165, 1.54) is 15.0 Å². The van der Waals surface area contributed by atoms with Gasteiger partial charge in [0.05, 0.1) is 11.7 Å². The van der Waals surface area contributed by atoms with Crippen LogP contribution in [0.3, 0.4) is 0 Å². The van der Waals surface area contributed by atoms with E-state index in [1.807, 2.05) is 13.0 Å². The summed E-state index contributed by atoms with van der Waals surface area (Å²) in [6.45, 7) is 4.09. The van der Waals surface area contributed by atoms with Crippen molar-refractivity contribution in [1.82, 2.24) is 4.98 Å². The number of hydrogen-bond donors (Lipinski definition) is 1. The van der Waals surface area contributed by atoms with Crippen molar-refractivity contribution >= 4 is 50.3 Å². The third-order valence-corrected chi connectivity index (χ3v) is 5.14. The summed E-state index contributed by atoms with van der Waals surface area (Å²) in [4.78, 5) is 5.36. The lowest BCUT2D eigenvalue weighted by Crippen LogP contribution is -2.07. The van der Waals surface area contributed by atoms with Crippen LogP contribution in [0.2, 0.25) is 10.3 Å². The molecule has 21 heavy (non-hydrogen) atoms. The first-order valence-corrected chi connectivity index (χ1v) is 8.19. The van der Waals surface area contributed by atoms with Crippen molar-refractivity contribution in [2.75, 3.05) is 5.32 Å². The van der Waals surface area contributed by atoms with Gasteiger partial charge in [0.15, 0.2) is 5.15 Å². The van der Waals surface area contributed by atoms with Crippen LogP contribution >= 0.6 is 34.5 Å². The highest BCUT2D eigenvalue weighted by Crippen LogP contribution is 2.34. The number of thiophene rings is 1. The lowest BCUT2D eigenvalue weighted by molar-refractivity contribution is 0.904. The molecule has 0 amide bonds. The molecule has 0 aliphatic heterocycles. The Bertz CT molecular complexity index is 742. The van der Waals surface area contributed by atoms with Gasteiger partial charge in [-0.05, 0) is 43.0 Å². The first kappa shape index (κ1) is 14.6. The number of fused-ring (bicyclic) bond motifs is 1. The molecule has 0 saturated carbocycles. The third-order valence-electron chi connectivity index (χ3n) is 3.37. The van der Waals surface area contributed by atoms with Crippen LogP contribution in [0.15, 0.2) is 36.4 Å². The molecule has 108 valence electrons. The SMILES string of the molecule is Cc1cc(Cl)nc(Cl)c1NC(C)c1cc2ccccc2s1. The van der Waals surface area contributed by atoms with Gasteiger partial charge in [0.25, 0.3) is 0 Å². The number of pyridine rings is 1. The molecule has 0 bridgehead atoms. The van der Waals surface area contributed by atoms with E-state index in [2.05, 4.69) is 47.6 Å². The van der Waals surface area contributed by atoms with Crippen molar-refractivity contribution in [2.24, 2.45) is 0 Å². The van der Waals surface area contributed by atoms with E-state index in [0.717, 1.165) is 11.3 Å². The Kier molecular flexibility index (Phi) is 4.07. The molecule has 0 fully saturated rings. The Morgan fingerprint density at radius 1 is 1.19 bits per heavy atom. The van der Waals surface area contributed by atoms with Gasteiger partial charge in [-0.3, -0.25) is 0 Å². The van der Waals surface area contributed by atoms with Crippen LogP contribution in [0, 0.1) is 6.92 Å². The highest BCUT2D eigenvalue weighted by atomic mass is 35.5. The van der Waals surface area contributed by atoms with Crippen molar-refractivity contribution in [3.8, 4) is 0 Å². The Morgan fingerprint density at radius 3 is 2.67 bits per heavy atom. The maximum Gasteiger partial charge on any atom is 0.154 e. The molecule has 2 aromatic heterocycles. The van der Waals surface area contributed by atoms with E-state index in [1.54, 1.807) is 11.3 Å². The number of benzene rings is 1. The quantitative estimate of drug-likeness (QED) is 0.586. The molecule has 0 saturated heterocycles. The summed E-state index contributed by atoms with van der Waals surface area (Å²) in [6, 6.07) is 12.6. The minimum atomic E-state index is 0.154.